The van der Waals surface area contributed by atoms with Gasteiger partial charge in [-0.1, -0.05) is 0 Å². The summed E-state index contributed by atoms with van der Waals surface area (Å²) in [5.74, 6) is 0.291. The Morgan fingerprint density at radius 3 is 2.61 bits per heavy atom. The number of benzene rings is 1. The first-order chi connectivity index (χ1) is 14.8. The molecule has 1 aromatic carbocycles. The lowest BCUT2D eigenvalue weighted by molar-refractivity contribution is -0.274. The van der Waals surface area contributed by atoms with E-state index in [1.165, 1.54) is 6.07 Å². The van der Waals surface area contributed by atoms with Crippen LogP contribution in [0, 0.1) is 5.41 Å². The first-order valence-corrected chi connectivity index (χ1v) is 9.75. The number of pyridine rings is 1. The molecule has 1 aliphatic rings. The van der Waals surface area contributed by atoms with E-state index in [1.807, 2.05) is 16.9 Å². The number of anilines is 2. The minimum absolute atomic E-state index is 0. The number of rotatable bonds is 5. The molecule has 0 amide bonds. The molecule has 7 nitrogen and oxygen atoms in total. The van der Waals surface area contributed by atoms with Crippen molar-refractivity contribution in [2.24, 2.45) is 0 Å². The molecule has 3 N–H and O–H groups in total. The van der Waals surface area contributed by atoms with Crippen molar-refractivity contribution in [1.29, 1.82) is 5.41 Å². The summed E-state index contributed by atoms with van der Waals surface area (Å²) in [6.07, 6.45) is 2.32. The summed E-state index contributed by atoms with van der Waals surface area (Å²) in [6.45, 7) is 1.57. The van der Waals surface area contributed by atoms with Crippen LogP contribution < -0.4 is 15.4 Å². The van der Waals surface area contributed by atoms with Crippen LogP contribution in [0.3, 0.4) is 0 Å². The summed E-state index contributed by atoms with van der Waals surface area (Å²) in [5, 5.41) is 12.8. The van der Waals surface area contributed by atoms with E-state index in [-0.39, 0.29) is 18.4 Å². The number of nitrogens with two attached hydrogens (primary N) is 1. The number of nitrogens with one attached hydrogen (secondary N) is 1. The smallest absolute Gasteiger partial charge is 0.406 e. The van der Waals surface area contributed by atoms with E-state index < -0.39 is 12.1 Å². The third kappa shape index (κ3) is 4.79. The Kier molecular flexibility index (Phi) is 5.53. The van der Waals surface area contributed by atoms with Gasteiger partial charge in [0.25, 0.3) is 0 Å². The maximum absolute atomic E-state index is 12.5. The van der Waals surface area contributed by atoms with Crippen LogP contribution in [0.4, 0.5) is 24.7 Å². The molecule has 0 radical (unpaired) electrons. The second-order valence-corrected chi connectivity index (χ2v) is 7.28. The fraction of sp³-hybridized carbons (Fsp3) is 0.286. The SMILES string of the molecule is N=C(c1ccnc(N2CCC(n3cccn3)CC2)c1)c1cc(OC(F)(F)F)ccc1N.[HH]. The van der Waals surface area contributed by atoms with Crippen LogP contribution in [0.5, 0.6) is 5.75 Å². The first kappa shape index (κ1) is 20.7. The minimum Gasteiger partial charge on any atom is -0.406 e. The number of alkyl halides is 3. The highest BCUT2D eigenvalue weighted by Gasteiger charge is 2.31. The molecule has 4 rings (SSSR count). The number of aromatic nitrogens is 3. The molecule has 0 aliphatic carbocycles. The van der Waals surface area contributed by atoms with Crippen molar-refractivity contribution >= 4 is 17.2 Å². The van der Waals surface area contributed by atoms with Gasteiger partial charge in [-0.15, -0.1) is 13.2 Å². The highest BCUT2D eigenvalue weighted by molar-refractivity contribution is 6.14. The number of halogens is 3. The van der Waals surface area contributed by atoms with Gasteiger partial charge >= 0.3 is 6.36 Å². The van der Waals surface area contributed by atoms with E-state index in [1.54, 1.807) is 24.5 Å². The third-order valence-corrected chi connectivity index (χ3v) is 5.25. The zero-order chi connectivity index (χ0) is 22.0. The van der Waals surface area contributed by atoms with E-state index in [0.717, 1.165) is 38.1 Å². The molecule has 0 spiro atoms. The highest BCUT2D eigenvalue weighted by atomic mass is 19.4. The third-order valence-electron chi connectivity index (χ3n) is 5.25. The zero-order valence-electron chi connectivity index (χ0n) is 16.5. The molecular weight excluding hydrogens is 409 g/mol. The average Bonchev–Trinajstić information content (AvgIpc) is 3.29. The minimum atomic E-state index is -4.82. The lowest BCUT2D eigenvalue weighted by Gasteiger charge is -2.33. The van der Waals surface area contributed by atoms with Gasteiger partial charge in [0.2, 0.25) is 0 Å². The number of nitrogen functional groups attached to an aromatic ring is 1. The van der Waals surface area contributed by atoms with Gasteiger partial charge in [0.1, 0.15) is 11.6 Å². The number of piperidine rings is 1. The van der Waals surface area contributed by atoms with Gasteiger partial charge in [0.05, 0.1) is 11.8 Å². The summed E-state index contributed by atoms with van der Waals surface area (Å²) in [7, 11) is 0. The Labute approximate surface area is 178 Å². The molecular formula is C21H23F3N6O. The molecule has 0 atom stereocenters. The number of hydrogen-bond donors (Lipinski definition) is 2. The second-order valence-electron chi connectivity index (χ2n) is 7.28. The lowest BCUT2D eigenvalue weighted by atomic mass is 10.0. The molecule has 10 heteroatoms. The van der Waals surface area contributed by atoms with Gasteiger partial charge in [-0.2, -0.15) is 5.10 Å². The monoisotopic (exact) mass is 432 g/mol. The highest BCUT2D eigenvalue weighted by Crippen LogP contribution is 2.29. The van der Waals surface area contributed by atoms with Gasteiger partial charge in [0, 0.05) is 49.9 Å². The lowest BCUT2D eigenvalue weighted by Crippen LogP contribution is -2.35. The maximum atomic E-state index is 12.5. The van der Waals surface area contributed by atoms with Crippen molar-refractivity contribution in [3.63, 3.8) is 0 Å². The van der Waals surface area contributed by atoms with Crippen LogP contribution >= 0.6 is 0 Å². The standard InChI is InChI=1S/C21H21F3N6O.H2/c22-21(23,24)31-16-2-3-18(25)17(13-16)20(26)14-4-8-27-19(12-14)29-10-5-15(6-11-29)30-9-1-7-28-30;/h1-4,7-9,12-13,15,26H,5-6,10-11,25H2;1H. The molecule has 0 unspecified atom stereocenters. The Hall–Kier alpha value is -3.56. The predicted molar refractivity (Wildman–Crippen MR) is 113 cm³/mol. The quantitative estimate of drug-likeness (QED) is 0.464. The molecule has 3 heterocycles. The number of hydrogen-bond acceptors (Lipinski definition) is 6. The predicted octanol–water partition coefficient (Wildman–Crippen LogP) is 4.26. The second kappa shape index (κ2) is 8.29. The largest absolute Gasteiger partial charge is 0.573 e. The number of nitrogens with zero attached hydrogens (tertiary/aromatic N) is 4. The van der Waals surface area contributed by atoms with Crippen molar-refractivity contribution in [1.82, 2.24) is 14.8 Å². The van der Waals surface area contributed by atoms with Crippen LogP contribution in [-0.2, 0) is 0 Å². The van der Waals surface area contributed by atoms with E-state index in [0.29, 0.717) is 17.4 Å². The topological polar surface area (TPSA) is 93.0 Å². The fourth-order valence-corrected chi connectivity index (χ4v) is 3.71. The zero-order valence-corrected chi connectivity index (χ0v) is 16.5. The van der Waals surface area contributed by atoms with Gasteiger partial charge in [0.15, 0.2) is 0 Å². The van der Waals surface area contributed by atoms with Crippen LogP contribution in [0.15, 0.2) is 55.0 Å². The Balaban J connectivity index is 0.00000289. The van der Waals surface area contributed by atoms with Crippen LogP contribution in [0.1, 0.15) is 31.4 Å². The molecule has 1 saturated heterocycles. The van der Waals surface area contributed by atoms with Crippen LogP contribution in [-0.4, -0.2) is 39.9 Å². The maximum Gasteiger partial charge on any atom is 0.573 e. The summed E-state index contributed by atoms with van der Waals surface area (Å²) >= 11 is 0. The van der Waals surface area contributed by atoms with Crippen molar-refractivity contribution in [3.05, 3.63) is 66.1 Å². The van der Waals surface area contributed by atoms with Crippen molar-refractivity contribution < 1.29 is 19.3 Å². The number of ether oxygens (including phenoxy) is 1. The van der Waals surface area contributed by atoms with Crippen LogP contribution in [0.2, 0.25) is 0 Å². The normalized spacial score (nSPS) is 15.1. The molecule has 0 bridgehead atoms. The van der Waals surface area contributed by atoms with Crippen molar-refractivity contribution in [2.45, 2.75) is 25.2 Å². The van der Waals surface area contributed by atoms with Crippen molar-refractivity contribution in [3.8, 4) is 5.75 Å². The van der Waals surface area contributed by atoms with Crippen LogP contribution in [0.25, 0.3) is 0 Å². The molecule has 1 fully saturated rings. The molecule has 164 valence electrons. The van der Waals surface area contributed by atoms with Gasteiger partial charge in [-0.3, -0.25) is 10.1 Å². The Bertz CT molecular complexity index is 1070. The average molecular weight is 432 g/mol. The Morgan fingerprint density at radius 1 is 1.16 bits per heavy atom. The Morgan fingerprint density at radius 2 is 1.94 bits per heavy atom. The summed E-state index contributed by atoms with van der Waals surface area (Å²) in [5.41, 5.74) is 6.79. The first-order valence-electron chi connectivity index (χ1n) is 9.75. The van der Waals surface area contributed by atoms with E-state index in [4.69, 9.17) is 11.1 Å². The van der Waals surface area contributed by atoms with E-state index >= 15 is 0 Å². The molecule has 31 heavy (non-hydrogen) atoms. The summed E-state index contributed by atoms with van der Waals surface area (Å²) in [4.78, 5) is 6.55. The van der Waals surface area contributed by atoms with Crippen molar-refractivity contribution in [2.75, 3.05) is 23.7 Å². The summed E-state index contributed by atoms with van der Waals surface area (Å²) < 4.78 is 43.6. The fourth-order valence-electron chi connectivity index (χ4n) is 3.71. The molecule has 3 aromatic rings. The van der Waals surface area contributed by atoms with Gasteiger partial charge < -0.3 is 15.4 Å². The molecule has 1 aliphatic heterocycles. The molecule has 2 aromatic heterocycles. The van der Waals surface area contributed by atoms with E-state index in [2.05, 4.69) is 19.7 Å². The summed E-state index contributed by atoms with van der Waals surface area (Å²) in [6, 6.07) is 9.19. The van der Waals surface area contributed by atoms with Gasteiger partial charge in [-0.25, -0.2) is 4.98 Å². The van der Waals surface area contributed by atoms with Gasteiger partial charge in [-0.05, 0) is 49.2 Å². The molecule has 0 saturated carbocycles. The van der Waals surface area contributed by atoms with E-state index in [9.17, 15) is 13.2 Å².